The van der Waals surface area contributed by atoms with E-state index >= 15 is 0 Å². The number of carbonyl (C=O) groups is 1. The van der Waals surface area contributed by atoms with Gasteiger partial charge in [0.25, 0.3) is 0 Å². The molecule has 1 saturated carbocycles. The molecule has 0 bridgehead atoms. The summed E-state index contributed by atoms with van der Waals surface area (Å²) < 4.78 is 15.0. The molecule has 1 amide bonds. The summed E-state index contributed by atoms with van der Waals surface area (Å²) >= 11 is 1.38. The summed E-state index contributed by atoms with van der Waals surface area (Å²) in [4.78, 5) is 12.1. The van der Waals surface area contributed by atoms with Crippen molar-refractivity contribution >= 4 is 23.4 Å². The number of carbonyl (C=O) groups excluding carboxylic acids is 1. The highest BCUT2D eigenvalue weighted by Crippen LogP contribution is 2.34. The van der Waals surface area contributed by atoms with Gasteiger partial charge in [-0.1, -0.05) is 24.6 Å². The number of aromatic nitrogens is 3. The Hall–Kier alpha value is -1.89. The number of rotatable bonds is 6. The van der Waals surface area contributed by atoms with Crippen molar-refractivity contribution in [2.45, 2.75) is 50.2 Å². The highest BCUT2D eigenvalue weighted by atomic mass is 32.2. The Morgan fingerprint density at radius 3 is 2.67 bits per heavy atom. The fraction of sp³-hybridized carbons (Fsp3) is 0.471. The fourth-order valence-electron chi connectivity index (χ4n) is 3.05. The van der Waals surface area contributed by atoms with E-state index in [-0.39, 0.29) is 17.5 Å². The van der Waals surface area contributed by atoms with Gasteiger partial charge in [0, 0.05) is 18.2 Å². The Kier molecular flexibility index (Phi) is 5.50. The van der Waals surface area contributed by atoms with Gasteiger partial charge in [0.05, 0.1) is 5.75 Å². The molecule has 3 rings (SSSR count). The van der Waals surface area contributed by atoms with Gasteiger partial charge in [-0.3, -0.25) is 4.79 Å². The molecule has 0 unspecified atom stereocenters. The van der Waals surface area contributed by atoms with Crippen LogP contribution in [0.5, 0.6) is 0 Å². The SMILES string of the molecule is CCn1c(SCC(=O)Nc2ccc(F)cc2)nnc1C1CCCC1. The van der Waals surface area contributed by atoms with Crippen LogP contribution < -0.4 is 5.32 Å². The first-order chi connectivity index (χ1) is 11.7. The number of halogens is 1. The van der Waals surface area contributed by atoms with Crippen LogP contribution in [-0.2, 0) is 11.3 Å². The predicted octanol–water partition coefficient (Wildman–Crippen LogP) is 3.83. The molecule has 128 valence electrons. The van der Waals surface area contributed by atoms with Crippen molar-refractivity contribution in [3.05, 3.63) is 35.9 Å². The maximum absolute atomic E-state index is 12.9. The van der Waals surface area contributed by atoms with Crippen molar-refractivity contribution in [1.29, 1.82) is 0 Å². The Bertz CT molecular complexity index is 695. The monoisotopic (exact) mass is 348 g/mol. The summed E-state index contributed by atoms with van der Waals surface area (Å²) in [5.41, 5.74) is 0.589. The molecule has 1 aromatic heterocycles. The van der Waals surface area contributed by atoms with Gasteiger partial charge in [-0.15, -0.1) is 10.2 Å². The fourth-order valence-corrected chi connectivity index (χ4v) is 3.86. The van der Waals surface area contributed by atoms with E-state index in [2.05, 4.69) is 27.0 Å². The minimum atomic E-state index is -0.321. The number of nitrogens with one attached hydrogen (secondary N) is 1. The van der Waals surface area contributed by atoms with Crippen molar-refractivity contribution < 1.29 is 9.18 Å². The van der Waals surface area contributed by atoms with Gasteiger partial charge in [0.1, 0.15) is 11.6 Å². The van der Waals surface area contributed by atoms with E-state index in [4.69, 9.17) is 0 Å². The van der Waals surface area contributed by atoms with Crippen LogP contribution >= 0.6 is 11.8 Å². The molecule has 1 aliphatic rings. The van der Waals surface area contributed by atoms with Gasteiger partial charge >= 0.3 is 0 Å². The standard InChI is InChI=1S/C17H21FN4OS/c1-2-22-16(12-5-3-4-6-12)20-21-17(22)24-11-15(23)19-14-9-7-13(18)8-10-14/h7-10,12H,2-6,11H2,1H3,(H,19,23). The van der Waals surface area contributed by atoms with E-state index in [0.717, 1.165) is 17.5 Å². The van der Waals surface area contributed by atoms with Crippen LogP contribution in [0.2, 0.25) is 0 Å². The number of nitrogens with zero attached hydrogens (tertiary/aromatic N) is 3. The van der Waals surface area contributed by atoms with Crippen molar-refractivity contribution in [3.63, 3.8) is 0 Å². The van der Waals surface area contributed by atoms with E-state index in [0.29, 0.717) is 11.6 Å². The molecule has 5 nitrogen and oxygen atoms in total. The van der Waals surface area contributed by atoms with Gasteiger partial charge in [-0.25, -0.2) is 4.39 Å². The molecular formula is C17H21FN4OS. The van der Waals surface area contributed by atoms with Crippen LogP contribution in [-0.4, -0.2) is 26.4 Å². The Morgan fingerprint density at radius 1 is 1.29 bits per heavy atom. The third-order valence-corrected chi connectivity index (χ3v) is 5.21. The topological polar surface area (TPSA) is 59.8 Å². The summed E-state index contributed by atoms with van der Waals surface area (Å²) in [6, 6.07) is 5.74. The zero-order valence-corrected chi connectivity index (χ0v) is 14.5. The van der Waals surface area contributed by atoms with Gasteiger partial charge in [-0.05, 0) is 44.0 Å². The Balaban J connectivity index is 1.59. The molecule has 1 N–H and O–H groups in total. The second-order valence-electron chi connectivity index (χ2n) is 5.91. The first-order valence-electron chi connectivity index (χ1n) is 8.28. The summed E-state index contributed by atoms with van der Waals surface area (Å²) in [5, 5.41) is 12.2. The minimum Gasteiger partial charge on any atom is -0.325 e. The smallest absolute Gasteiger partial charge is 0.234 e. The van der Waals surface area contributed by atoms with Crippen LogP contribution in [0.4, 0.5) is 10.1 Å². The molecule has 1 aliphatic carbocycles. The van der Waals surface area contributed by atoms with Crippen molar-refractivity contribution in [2.75, 3.05) is 11.1 Å². The third kappa shape index (κ3) is 3.95. The molecule has 2 aromatic rings. The molecule has 0 spiro atoms. The van der Waals surface area contributed by atoms with E-state index in [1.54, 1.807) is 12.1 Å². The normalized spacial score (nSPS) is 14.9. The van der Waals surface area contributed by atoms with E-state index in [1.165, 1.54) is 49.6 Å². The first-order valence-corrected chi connectivity index (χ1v) is 9.27. The van der Waals surface area contributed by atoms with Gasteiger partial charge in [0.2, 0.25) is 5.91 Å². The molecule has 1 fully saturated rings. The lowest BCUT2D eigenvalue weighted by Gasteiger charge is -2.11. The second-order valence-corrected chi connectivity index (χ2v) is 6.85. The van der Waals surface area contributed by atoms with E-state index in [1.807, 2.05) is 0 Å². The lowest BCUT2D eigenvalue weighted by molar-refractivity contribution is -0.113. The van der Waals surface area contributed by atoms with Crippen LogP contribution in [0.15, 0.2) is 29.4 Å². The molecule has 1 aromatic carbocycles. The maximum Gasteiger partial charge on any atom is 0.234 e. The average molecular weight is 348 g/mol. The van der Waals surface area contributed by atoms with Crippen LogP contribution in [0, 0.1) is 5.82 Å². The third-order valence-electron chi connectivity index (χ3n) is 4.24. The molecule has 7 heteroatoms. The van der Waals surface area contributed by atoms with Gasteiger partial charge in [0.15, 0.2) is 5.16 Å². The first kappa shape index (κ1) is 17.0. The Labute approximate surface area is 145 Å². The van der Waals surface area contributed by atoms with E-state index in [9.17, 15) is 9.18 Å². The van der Waals surface area contributed by atoms with E-state index < -0.39 is 0 Å². The molecule has 0 saturated heterocycles. The number of hydrogen-bond acceptors (Lipinski definition) is 4. The summed E-state index contributed by atoms with van der Waals surface area (Å²) in [5.74, 6) is 1.34. The second kappa shape index (κ2) is 7.79. The molecule has 0 aliphatic heterocycles. The molecule has 24 heavy (non-hydrogen) atoms. The largest absolute Gasteiger partial charge is 0.325 e. The molecular weight excluding hydrogens is 327 g/mol. The number of amides is 1. The predicted molar refractivity (Wildman–Crippen MR) is 92.7 cm³/mol. The minimum absolute atomic E-state index is 0.139. The lowest BCUT2D eigenvalue weighted by atomic mass is 10.1. The average Bonchev–Trinajstić information content (AvgIpc) is 3.23. The number of hydrogen-bond donors (Lipinski definition) is 1. The number of thioether (sulfide) groups is 1. The quantitative estimate of drug-likeness (QED) is 0.806. The van der Waals surface area contributed by atoms with Crippen molar-refractivity contribution in [3.8, 4) is 0 Å². The summed E-state index contributed by atoms with van der Waals surface area (Å²) in [7, 11) is 0. The Morgan fingerprint density at radius 2 is 2.00 bits per heavy atom. The molecule has 1 heterocycles. The number of benzene rings is 1. The van der Waals surface area contributed by atoms with Crippen LogP contribution in [0.25, 0.3) is 0 Å². The van der Waals surface area contributed by atoms with Crippen molar-refractivity contribution in [2.24, 2.45) is 0 Å². The van der Waals surface area contributed by atoms with Crippen LogP contribution in [0.3, 0.4) is 0 Å². The van der Waals surface area contributed by atoms with Crippen molar-refractivity contribution in [1.82, 2.24) is 14.8 Å². The van der Waals surface area contributed by atoms with Gasteiger partial charge < -0.3 is 9.88 Å². The lowest BCUT2D eigenvalue weighted by Crippen LogP contribution is -2.15. The highest BCUT2D eigenvalue weighted by Gasteiger charge is 2.24. The summed E-state index contributed by atoms with van der Waals surface area (Å²) in [6.07, 6.45) is 4.86. The molecule has 0 radical (unpaired) electrons. The summed E-state index contributed by atoms with van der Waals surface area (Å²) in [6.45, 7) is 2.88. The van der Waals surface area contributed by atoms with Crippen LogP contribution in [0.1, 0.15) is 44.3 Å². The zero-order valence-electron chi connectivity index (χ0n) is 13.7. The number of anilines is 1. The highest BCUT2D eigenvalue weighted by molar-refractivity contribution is 7.99. The zero-order chi connectivity index (χ0) is 16.9. The molecule has 0 atom stereocenters. The van der Waals surface area contributed by atoms with Gasteiger partial charge in [-0.2, -0.15) is 0 Å². The maximum atomic E-state index is 12.9.